The Kier molecular flexibility index (Phi) is 1.75. The Morgan fingerprint density at radius 3 is 3.25 bits per heavy atom. The van der Waals surface area contributed by atoms with Crippen molar-refractivity contribution in [1.82, 2.24) is 15.3 Å². The standard InChI is InChI=1S/C8H9N3O/c1-9-5-8-11-6-2-3-10-4-7(6)12-8/h2-4,9H,5H2,1H3. The second kappa shape index (κ2) is 2.91. The van der Waals surface area contributed by atoms with E-state index >= 15 is 0 Å². The van der Waals surface area contributed by atoms with Gasteiger partial charge in [0.25, 0.3) is 0 Å². The molecule has 1 N–H and O–H groups in total. The first-order valence-corrected chi connectivity index (χ1v) is 3.74. The first-order valence-electron chi connectivity index (χ1n) is 3.74. The minimum atomic E-state index is 0.648. The van der Waals surface area contributed by atoms with Crippen LogP contribution in [-0.4, -0.2) is 17.0 Å². The van der Waals surface area contributed by atoms with Gasteiger partial charge >= 0.3 is 0 Å². The first kappa shape index (κ1) is 7.24. The molecule has 0 saturated carbocycles. The van der Waals surface area contributed by atoms with Crippen molar-refractivity contribution in [2.75, 3.05) is 7.05 Å². The molecule has 2 heterocycles. The van der Waals surface area contributed by atoms with Crippen molar-refractivity contribution in [2.45, 2.75) is 6.54 Å². The van der Waals surface area contributed by atoms with E-state index in [1.807, 2.05) is 13.1 Å². The number of hydrogen-bond donors (Lipinski definition) is 1. The molecule has 12 heavy (non-hydrogen) atoms. The Morgan fingerprint density at radius 1 is 1.58 bits per heavy atom. The number of pyridine rings is 1. The van der Waals surface area contributed by atoms with E-state index in [4.69, 9.17) is 4.42 Å². The molecule has 4 nitrogen and oxygen atoms in total. The highest BCUT2D eigenvalue weighted by Crippen LogP contribution is 2.12. The summed E-state index contributed by atoms with van der Waals surface area (Å²) in [6.07, 6.45) is 3.37. The van der Waals surface area contributed by atoms with Crippen LogP contribution in [0.3, 0.4) is 0 Å². The second-order valence-corrected chi connectivity index (χ2v) is 2.48. The van der Waals surface area contributed by atoms with E-state index in [1.54, 1.807) is 12.4 Å². The van der Waals surface area contributed by atoms with Gasteiger partial charge in [0.2, 0.25) is 5.89 Å². The fourth-order valence-corrected chi connectivity index (χ4v) is 1.05. The van der Waals surface area contributed by atoms with Gasteiger partial charge in [0.15, 0.2) is 5.58 Å². The fraction of sp³-hybridized carbons (Fsp3) is 0.250. The van der Waals surface area contributed by atoms with Gasteiger partial charge in [-0.2, -0.15) is 0 Å². The summed E-state index contributed by atoms with van der Waals surface area (Å²) < 4.78 is 5.37. The molecule has 0 radical (unpaired) electrons. The molecule has 2 aromatic heterocycles. The lowest BCUT2D eigenvalue weighted by Gasteiger charge is -1.88. The molecule has 4 heteroatoms. The lowest BCUT2D eigenvalue weighted by Crippen LogP contribution is -2.04. The SMILES string of the molecule is CNCc1nc2ccncc2o1. The molecule has 0 fully saturated rings. The summed E-state index contributed by atoms with van der Waals surface area (Å²) in [5.74, 6) is 0.695. The van der Waals surface area contributed by atoms with Crippen molar-refractivity contribution < 1.29 is 4.42 Å². The lowest BCUT2D eigenvalue weighted by atomic mass is 10.4. The fourth-order valence-electron chi connectivity index (χ4n) is 1.05. The van der Waals surface area contributed by atoms with Crippen LogP contribution >= 0.6 is 0 Å². The number of nitrogens with zero attached hydrogens (tertiary/aromatic N) is 2. The third kappa shape index (κ3) is 1.16. The van der Waals surface area contributed by atoms with Crippen molar-refractivity contribution in [1.29, 1.82) is 0 Å². The highest BCUT2D eigenvalue weighted by atomic mass is 16.3. The predicted octanol–water partition coefficient (Wildman–Crippen LogP) is 0.942. The predicted molar refractivity (Wildman–Crippen MR) is 44.6 cm³/mol. The smallest absolute Gasteiger partial charge is 0.209 e. The van der Waals surface area contributed by atoms with E-state index in [1.165, 1.54) is 0 Å². The zero-order chi connectivity index (χ0) is 8.39. The Morgan fingerprint density at radius 2 is 2.50 bits per heavy atom. The Labute approximate surface area is 69.6 Å². The van der Waals surface area contributed by atoms with Crippen molar-refractivity contribution in [3.05, 3.63) is 24.4 Å². The van der Waals surface area contributed by atoms with Crippen LogP contribution in [0.25, 0.3) is 11.1 Å². The molecule has 2 rings (SSSR count). The molecular weight excluding hydrogens is 154 g/mol. The zero-order valence-electron chi connectivity index (χ0n) is 6.74. The van der Waals surface area contributed by atoms with E-state index in [0.717, 1.165) is 11.1 Å². The molecule has 0 saturated heterocycles. The summed E-state index contributed by atoms with van der Waals surface area (Å²) in [4.78, 5) is 8.17. The van der Waals surface area contributed by atoms with Crippen LogP contribution in [-0.2, 0) is 6.54 Å². The summed E-state index contributed by atoms with van der Waals surface area (Å²) in [5.41, 5.74) is 1.60. The molecule has 62 valence electrons. The van der Waals surface area contributed by atoms with Gasteiger partial charge < -0.3 is 9.73 Å². The van der Waals surface area contributed by atoms with Crippen molar-refractivity contribution in [3.63, 3.8) is 0 Å². The topological polar surface area (TPSA) is 51.0 Å². The first-order chi connectivity index (χ1) is 5.90. The van der Waals surface area contributed by atoms with Crippen LogP contribution < -0.4 is 5.32 Å². The monoisotopic (exact) mass is 163 g/mol. The molecule has 0 aliphatic carbocycles. The van der Waals surface area contributed by atoms with E-state index in [0.29, 0.717) is 12.4 Å². The molecule has 2 aromatic rings. The van der Waals surface area contributed by atoms with E-state index < -0.39 is 0 Å². The highest BCUT2D eigenvalue weighted by Gasteiger charge is 2.02. The van der Waals surface area contributed by atoms with Gasteiger partial charge in [-0.15, -0.1) is 0 Å². The minimum Gasteiger partial charge on any atom is -0.438 e. The quantitative estimate of drug-likeness (QED) is 0.715. The Balaban J connectivity index is 2.47. The molecule has 0 spiro atoms. The molecule has 0 aromatic carbocycles. The van der Waals surface area contributed by atoms with Gasteiger partial charge in [0.05, 0.1) is 12.7 Å². The Bertz CT molecular complexity index is 349. The normalized spacial score (nSPS) is 10.8. The van der Waals surface area contributed by atoms with E-state index in [2.05, 4.69) is 15.3 Å². The third-order valence-corrected chi connectivity index (χ3v) is 1.56. The molecule has 0 bridgehead atoms. The minimum absolute atomic E-state index is 0.648. The maximum atomic E-state index is 5.37. The largest absolute Gasteiger partial charge is 0.438 e. The maximum absolute atomic E-state index is 5.37. The van der Waals surface area contributed by atoms with Gasteiger partial charge in [0, 0.05) is 6.20 Å². The van der Waals surface area contributed by atoms with Crippen LogP contribution in [0.15, 0.2) is 22.9 Å². The Hall–Kier alpha value is -1.42. The van der Waals surface area contributed by atoms with Gasteiger partial charge in [-0.3, -0.25) is 4.98 Å². The van der Waals surface area contributed by atoms with Crippen LogP contribution in [0.2, 0.25) is 0 Å². The summed E-state index contributed by atoms with van der Waals surface area (Å²) in [6, 6.07) is 1.83. The van der Waals surface area contributed by atoms with Crippen LogP contribution in [0.4, 0.5) is 0 Å². The second-order valence-electron chi connectivity index (χ2n) is 2.48. The summed E-state index contributed by atoms with van der Waals surface area (Å²) in [6.45, 7) is 0.648. The van der Waals surface area contributed by atoms with E-state index in [9.17, 15) is 0 Å². The van der Waals surface area contributed by atoms with E-state index in [-0.39, 0.29) is 0 Å². The number of oxazole rings is 1. The van der Waals surface area contributed by atoms with Crippen molar-refractivity contribution >= 4 is 11.1 Å². The maximum Gasteiger partial charge on any atom is 0.209 e. The molecule has 0 amide bonds. The van der Waals surface area contributed by atoms with Gasteiger partial charge in [-0.05, 0) is 13.1 Å². The summed E-state index contributed by atoms with van der Waals surface area (Å²) in [5, 5.41) is 2.97. The summed E-state index contributed by atoms with van der Waals surface area (Å²) >= 11 is 0. The van der Waals surface area contributed by atoms with Crippen LogP contribution in [0, 0.1) is 0 Å². The number of hydrogen-bond acceptors (Lipinski definition) is 4. The average Bonchev–Trinajstić information content (AvgIpc) is 2.47. The number of aromatic nitrogens is 2. The summed E-state index contributed by atoms with van der Waals surface area (Å²) in [7, 11) is 1.85. The highest BCUT2D eigenvalue weighted by molar-refractivity contribution is 5.70. The van der Waals surface area contributed by atoms with Gasteiger partial charge in [0.1, 0.15) is 5.52 Å². The number of rotatable bonds is 2. The molecular formula is C8H9N3O. The van der Waals surface area contributed by atoms with Crippen LogP contribution in [0.5, 0.6) is 0 Å². The van der Waals surface area contributed by atoms with Crippen molar-refractivity contribution in [3.8, 4) is 0 Å². The third-order valence-electron chi connectivity index (χ3n) is 1.56. The zero-order valence-corrected chi connectivity index (χ0v) is 6.74. The van der Waals surface area contributed by atoms with Gasteiger partial charge in [-0.1, -0.05) is 0 Å². The molecule has 0 aliphatic heterocycles. The number of fused-ring (bicyclic) bond motifs is 1. The lowest BCUT2D eigenvalue weighted by molar-refractivity contribution is 0.510. The average molecular weight is 163 g/mol. The molecule has 0 aliphatic rings. The van der Waals surface area contributed by atoms with Crippen molar-refractivity contribution in [2.24, 2.45) is 0 Å². The number of nitrogens with one attached hydrogen (secondary N) is 1. The van der Waals surface area contributed by atoms with Gasteiger partial charge in [-0.25, -0.2) is 4.98 Å². The van der Waals surface area contributed by atoms with Crippen LogP contribution in [0.1, 0.15) is 5.89 Å². The molecule has 0 unspecified atom stereocenters. The molecule has 0 atom stereocenters.